The van der Waals surface area contributed by atoms with Gasteiger partial charge in [-0.25, -0.2) is 0 Å². The Morgan fingerprint density at radius 2 is 1.68 bits per heavy atom. The average molecular weight is 542 g/mol. The van der Waals surface area contributed by atoms with E-state index in [9.17, 15) is 14.4 Å². The van der Waals surface area contributed by atoms with Crippen molar-refractivity contribution >= 4 is 58.3 Å². The predicted octanol–water partition coefficient (Wildman–Crippen LogP) is 6.51. The summed E-state index contributed by atoms with van der Waals surface area (Å²) in [6.45, 7) is 3.94. The minimum Gasteiger partial charge on any atom is -0.325 e. The van der Waals surface area contributed by atoms with Crippen molar-refractivity contribution in [3.63, 3.8) is 0 Å². The van der Waals surface area contributed by atoms with Crippen LogP contribution in [0.1, 0.15) is 26.4 Å². The summed E-state index contributed by atoms with van der Waals surface area (Å²) in [4.78, 5) is 40.1. The molecule has 1 aromatic heterocycles. The fourth-order valence-corrected chi connectivity index (χ4v) is 4.94. The van der Waals surface area contributed by atoms with E-state index in [1.807, 2.05) is 67.8 Å². The van der Waals surface area contributed by atoms with Crippen LogP contribution in [0.5, 0.6) is 0 Å². The molecule has 3 N–H and O–H groups in total. The van der Waals surface area contributed by atoms with E-state index < -0.39 is 5.91 Å². The number of anilines is 2. The highest BCUT2D eigenvalue weighted by atomic mass is 32.2. The third-order valence-corrected chi connectivity index (χ3v) is 7.30. The fourth-order valence-electron chi connectivity index (χ4n) is 3.53. The van der Waals surface area contributed by atoms with Crippen LogP contribution in [0, 0.1) is 13.8 Å². The minimum atomic E-state index is -0.447. The summed E-state index contributed by atoms with van der Waals surface area (Å²) in [6.07, 6.45) is 1.65. The van der Waals surface area contributed by atoms with Gasteiger partial charge < -0.3 is 16.0 Å². The molecule has 0 saturated heterocycles. The zero-order chi connectivity index (χ0) is 26.9. The highest BCUT2D eigenvalue weighted by molar-refractivity contribution is 8.00. The van der Waals surface area contributed by atoms with Gasteiger partial charge in [-0.05, 0) is 78.9 Å². The number of amides is 3. The maximum atomic E-state index is 13.2. The second-order valence-electron chi connectivity index (χ2n) is 8.53. The maximum absolute atomic E-state index is 13.2. The van der Waals surface area contributed by atoms with Gasteiger partial charge in [-0.2, -0.15) is 0 Å². The van der Waals surface area contributed by atoms with Crippen LogP contribution < -0.4 is 16.0 Å². The number of hydrogen-bond acceptors (Lipinski definition) is 5. The molecule has 0 atom stereocenters. The molecule has 1 heterocycles. The van der Waals surface area contributed by atoms with Crippen molar-refractivity contribution in [3.8, 4) is 0 Å². The topological polar surface area (TPSA) is 87.3 Å². The molecule has 0 fully saturated rings. The molecule has 0 aliphatic heterocycles. The number of carbonyl (C=O) groups is 3. The van der Waals surface area contributed by atoms with Crippen LogP contribution in [-0.4, -0.2) is 23.5 Å². The van der Waals surface area contributed by atoms with Crippen molar-refractivity contribution in [2.24, 2.45) is 0 Å². The summed E-state index contributed by atoms with van der Waals surface area (Å²) in [7, 11) is 0. The maximum Gasteiger partial charge on any atom is 0.272 e. The average Bonchev–Trinajstić information content (AvgIpc) is 3.43. The summed E-state index contributed by atoms with van der Waals surface area (Å²) >= 11 is 2.84. The summed E-state index contributed by atoms with van der Waals surface area (Å²) in [5.41, 5.74) is 4.03. The third-order valence-electron chi connectivity index (χ3n) is 5.49. The van der Waals surface area contributed by atoms with Crippen LogP contribution in [-0.2, 0) is 9.59 Å². The zero-order valence-corrected chi connectivity index (χ0v) is 22.6. The first kappa shape index (κ1) is 26.9. The molecule has 3 aromatic carbocycles. The molecule has 0 saturated carbocycles. The van der Waals surface area contributed by atoms with Crippen LogP contribution in [0.25, 0.3) is 6.08 Å². The van der Waals surface area contributed by atoms with Gasteiger partial charge in [0.15, 0.2) is 0 Å². The lowest BCUT2D eigenvalue weighted by atomic mass is 10.1. The van der Waals surface area contributed by atoms with Crippen molar-refractivity contribution in [1.82, 2.24) is 5.32 Å². The lowest BCUT2D eigenvalue weighted by Gasteiger charge is -2.12. The molecule has 4 rings (SSSR count). The number of benzene rings is 3. The third kappa shape index (κ3) is 7.68. The van der Waals surface area contributed by atoms with Gasteiger partial charge in [0.05, 0.1) is 5.75 Å². The fraction of sp³-hybridized carbons (Fsp3) is 0.100. The molecule has 0 aliphatic carbocycles. The first-order valence-corrected chi connectivity index (χ1v) is 13.8. The van der Waals surface area contributed by atoms with E-state index >= 15 is 0 Å². The Morgan fingerprint density at radius 1 is 0.868 bits per heavy atom. The first-order chi connectivity index (χ1) is 18.4. The van der Waals surface area contributed by atoms with E-state index in [4.69, 9.17) is 0 Å². The second-order valence-corrected chi connectivity index (χ2v) is 10.6. The lowest BCUT2D eigenvalue weighted by molar-refractivity contribution is -0.114. The molecule has 4 aromatic rings. The van der Waals surface area contributed by atoms with Crippen molar-refractivity contribution < 1.29 is 14.4 Å². The Hall–Kier alpha value is -4.14. The van der Waals surface area contributed by atoms with Gasteiger partial charge in [0.2, 0.25) is 5.91 Å². The van der Waals surface area contributed by atoms with Gasteiger partial charge in [-0.15, -0.1) is 23.1 Å². The molecule has 0 bridgehead atoms. The SMILES string of the molecule is Cc1ccc(C)c(NC(=O)CSc2cccc(NC(=O)/C(=C/c3cccs3)NC(=O)c3ccccc3)c2)c1. The number of rotatable bonds is 9. The standard InChI is InChI=1S/C30H27N3O3S2/c1-20-13-14-21(2)26(16-20)32-28(34)19-38-24-11-6-10-23(17-24)31-30(36)27(18-25-12-7-15-37-25)33-29(35)22-8-4-3-5-9-22/h3-18H,19H2,1-2H3,(H,31,36)(H,32,34)(H,33,35)/b27-18-. The molecular weight excluding hydrogens is 514 g/mol. The van der Waals surface area contributed by atoms with E-state index in [1.165, 1.54) is 23.1 Å². The van der Waals surface area contributed by atoms with Crippen molar-refractivity contribution in [2.75, 3.05) is 16.4 Å². The number of carbonyl (C=O) groups excluding carboxylic acids is 3. The number of thioether (sulfide) groups is 1. The van der Waals surface area contributed by atoms with E-state index in [2.05, 4.69) is 16.0 Å². The van der Waals surface area contributed by atoms with Gasteiger partial charge in [0.25, 0.3) is 11.8 Å². The Kier molecular flexibility index (Phi) is 9.13. The number of hydrogen-bond donors (Lipinski definition) is 3. The van der Waals surface area contributed by atoms with E-state index in [0.29, 0.717) is 11.3 Å². The van der Waals surface area contributed by atoms with Crippen LogP contribution in [0.2, 0.25) is 0 Å². The lowest BCUT2D eigenvalue weighted by Crippen LogP contribution is -2.30. The molecule has 0 aliphatic rings. The van der Waals surface area contributed by atoms with E-state index in [1.54, 1.807) is 42.5 Å². The Morgan fingerprint density at radius 3 is 2.45 bits per heavy atom. The summed E-state index contributed by atoms with van der Waals surface area (Å²) in [6, 6.07) is 25.7. The largest absolute Gasteiger partial charge is 0.325 e. The molecule has 3 amide bonds. The van der Waals surface area contributed by atoms with Crippen LogP contribution >= 0.6 is 23.1 Å². The minimum absolute atomic E-state index is 0.108. The van der Waals surface area contributed by atoms with Gasteiger partial charge in [-0.1, -0.05) is 42.5 Å². The van der Waals surface area contributed by atoms with Crippen molar-refractivity contribution in [1.29, 1.82) is 0 Å². The summed E-state index contributed by atoms with van der Waals surface area (Å²) in [5.74, 6) is -0.704. The van der Waals surface area contributed by atoms with E-state index in [0.717, 1.165) is 26.6 Å². The highest BCUT2D eigenvalue weighted by Gasteiger charge is 2.16. The molecule has 0 radical (unpaired) electrons. The summed E-state index contributed by atoms with van der Waals surface area (Å²) < 4.78 is 0. The smallest absolute Gasteiger partial charge is 0.272 e. The van der Waals surface area contributed by atoms with Gasteiger partial charge >= 0.3 is 0 Å². The van der Waals surface area contributed by atoms with Gasteiger partial charge in [0, 0.05) is 26.7 Å². The van der Waals surface area contributed by atoms with Crippen LogP contribution in [0.3, 0.4) is 0 Å². The second kappa shape index (κ2) is 12.9. The van der Waals surface area contributed by atoms with Crippen molar-refractivity contribution in [3.05, 3.63) is 118 Å². The monoisotopic (exact) mass is 541 g/mol. The number of aryl methyl sites for hydroxylation is 2. The van der Waals surface area contributed by atoms with Crippen molar-refractivity contribution in [2.45, 2.75) is 18.7 Å². The van der Waals surface area contributed by atoms with E-state index in [-0.39, 0.29) is 23.3 Å². The highest BCUT2D eigenvalue weighted by Crippen LogP contribution is 2.23. The number of thiophene rings is 1. The van der Waals surface area contributed by atoms with Crippen LogP contribution in [0.4, 0.5) is 11.4 Å². The normalized spacial score (nSPS) is 11.1. The Bertz CT molecular complexity index is 1470. The van der Waals surface area contributed by atoms with Crippen LogP contribution in [0.15, 0.2) is 101 Å². The Labute approximate surface area is 230 Å². The van der Waals surface area contributed by atoms with Gasteiger partial charge in [0.1, 0.15) is 5.70 Å². The molecule has 0 spiro atoms. The molecule has 8 heteroatoms. The first-order valence-electron chi connectivity index (χ1n) is 11.9. The molecule has 38 heavy (non-hydrogen) atoms. The zero-order valence-electron chi connectivity index (χ0n) is 21.0. The molecular formula is C30H27N3O3S2. The molecule has 0 unspecified atom stereocenters. The summed E-state index contributed by atoms with van der Waals surface area (Å²) in [5, 5.41) is 10.5. The quantitative estimate of drug-likeness (QED) is 0.167. The molecule has 192 valence electrons. The molecule has 6 nitrogen and oxygen atoms in total. The predicted molar refractivity (Wildman–Crippen MR) is 157 cm³/mol. The number of nitrogens with one attached hydrogen (secondary N) is 3. The Balaban J connectivity index is 1.41. The van der Waals surface area contributed by atoms with Gasteiger partial charge in [-0.3, -0.25) is 14.4 Å².